The van der Waals surface area contributed by atoms with Crippen molar-refractivity contribution in [3.63, 3.8) is 0 Å². The van der Waals surface area contributed by atoms with Gasteiger partial charge in [0.15, 0.2) is 0 Å². The zero-order valence-corrected chi connectivity index (χ0v) is 18.6. The molecular formula is C21H35ClN4O3. The molecule has 4 aliphatic rings. The molecule has 164 valence electrons. The molecule has 0 aromatic heterocycles. The number of halogens is 1. The minimum atomic E-state index is -0.789. The average molecular weight is 427 g/mol. The van der Waals surface area contributed by atoms with Crippen LogP contribution in [0.15, 0.2) is 0 Å². The van der Waals surface area contributed by atoms with Crippen LogP contribution in [0.5, 0.6) is 0 Å². The summed E-state index contributed by atoms with van der Waals surface area (Å²) in [6.45, 7) is 10.0. The van der Waals surface area contributed by atoms with Gasteiger partial charge in [-0.1, -0.05) is 27.2 Å². The molecule has 0 bridgehead atoms. The zero-order chi connectivity index (χ0) is 20.1. The van der Waals surface area contributed by atoms with Gasteiger partial charge in [0.1, 0.15) is 12.1 Å². The van der Waals surface area contributed by atoms with Gasteiger partial charge in [0.2, 0.25) is 5.91 Å². The average Bonchev–Trinajstić information content (AvgIpc) is 3.32. The molecule has 1 spiro atoms. The number of nitrogens with zero attached hydrogens (tertiary/aromatic N) is 2. The smallest absolute Gasteiger partial charge is 0.325 e. The molecule has 1 aliphatic carbocycles. The molecule has 2 N–H and O–H groups in total. The Morgan fingerprint density at radius 1 is 1.14 bits per heavy atom. The van der Waals surface area contributed by atoms with Gasteiger partial charge in [-0.25, -0.2) is 4.79 Å². The molecule has 3 saturated heterocycles. The van der Waals surface area contributed by atoms with E-state index in [0.717, 1.165) is 45.4 Å². The predicted molar refractivity (Wildman–Crippen MR) is 113 cm³/mol. The Labute approximate surface area is 179 Å². The van der Waals surface area contributed by atoms with Crippen LogP contribution in [0, 0.1) is 23.2 Å². The van der Waals surface area contributed by atoms with Crippen molar-refractivity contribution in [2.45, 2.75) is 58.4 Å². The van der Waals surface area contributed by atoms with Crippen LogP contribution in [0.1, 0.15) is 52.9 Å². The number of hydrogen-bond acceptors (Lipinski definition) is 4. The molecule has 4 rings (SSSR count). The van der Waals surface area contributed by atoms with Crippen LogP contribution in [0.4, 0.5) is 4.79 Å². The molecule has 3 heterocycles. The molecule has 2 atom stereocenters. The minimum Gasteiger partial charge on any atom is -0.340 e. The van der Waals surface area contributed by atoms with Gasteiger partial charge in [-0.15, -0.1) is 12.4 Å². The monoisotopic (exact) mass is 426 g/mol. The Balaban J connectivity index is 0.00000240. The maximum Gasteiger partial charge on any atom is 0.325 e. The van der Waals surface area contributed by atoms with Crippen LogP contribution in [-0.4, -0.2) is 65.9 Å². The van der Waals surface area contributed by atoms with Crippen molar-refractivity contribution in [2.24, 2.45) is 23.2 Å². The number of carbonyl (C=O) groups is 3. The summed E-state index contributed by atoms with van der Waals surface area (Å²) >= 11 is 0. The number of rotatable bonds is 4. The van der Waals surface area contributed by atoms with Crippen molar-refractivity contribution in [1.82, 2.24) is 20.4 Å². The maximum absolute atomic E-state index is 13.1. The molecule has 0 radical (unpaired) electrons. The Morgan fingerprint density at radius 2 is 1.72 bits per heavy atom. The van der Waals surface area contributed by atoms with E-state index in [-0.39, 0.29) is 36.2 Å². The molecule has 4 fully saturated rings. The predicted octanol–water partition coefficient (Wildman–Crippen LogP) is 2.00. The van der Waals surface area contributed by atoms with Crippen molar-refractivity contribution >= 4 is 30.3 Å². The van der Waals surface area contributed by atoms with Crippen LogP contribution in [0.25, 0.3) is 0 Å². The molecule has 8 heteroatoms. The van der Waals surface area contributed by atoms with Crippen LogP contribution >= 0.6 is 12.4 Å². The zero-order valence-electron chi connectivity index (χ0n) is 17.8. The standard InChI is InChI=1S/C21H34N4O3.ClH/c1-4-20(2,3)16-5-7-21(8-6-16)18(27)25(19(28)23-21)13-17(26)24-11-14-9-22-10-15(14)12-24;/h14-16,22H,4-13H2,1-3H3,(H,23,28);1H/t14-,15+,16?,21?;. The van der Waals surface area contributed by atoms with Crippen molar-refractivity contribution in [1.29, 1.82) is 0 Å². The number of imide groups is 1. The summed E-state index contributed by atoms with van der Waals surface area (Å²) in [6.07, 6.45) is 4.35. The Hall–Kier alpha value is -1.34. The number of urea groups is 1. The molecule has 29 heavy (non-hydrogen) atoms. The van der Waals surface area contributed by atoms with E-state index in [1.54, 1.807) is 0 Å². The molecule has 3 aliphatic heterocycles. The highest BCUT2D eigenvalue weighted by Crippen LogP contribution is 2.45. The van der Waals surface area contributed by atoms with Crippen molar-refractivity contribution in [3.8, 4) is 0 Å². The van der Waals surface area contributed by atoms with E-state index in [2.05, 4.69) is 31.4 Å². The lowest BCUT2D eigenvalue weighted by Gasteiger charge is -2.42. The number of hydrogen-bond donors (Lipinski definition) is 2. The van der Waals surface area contributed by atoms with Crippen molar-refractivity contribution in [2.75, 3.05) is 32.7 Å². The minimum absolute atomic E-state index is 0. The second kappa shape index (κ2) is 8.06. The maximum atomic E-state index is 13.1. The first-order valence-electron chi connectivity index (χ1n) is 10.9. The van der Waals surface area contributed by atoms with E-state index < -0.39 is 11.6 Å². The van der Waals surface area contributed by atoms with Gasteiger partial charge in [-0.05, 0) is 48.9 Å². The van der Waals surface area contributed by atoms with Crippen LogP contribution in [-0.2, 0) is 9.59 Å². The van der Waals surface area contributed by atoms with Gasteiger partial charge in [-0.2, -0.15) is 0 Å². The lowest BCUT2D eigenvalue weighted by atomic mass is 9.65. The fourth-order valence-electron chi connectivity index (χ4n) is 5.63. The fraction of sp³-hybridized carbons (Fsp3) is 0.857. The molecule has 0 aromatic carbocycles. The highest BCUT2D eigenvalue weighted by atomic mass is 35.5. The van der Waals surface area contributed by atoms with Crippen LogP contribution < -0.4 is 10.6 Å². The number of carbonyl (C=O) groups excluding carboxylic acids is 3. The van der Waals surface area contributed by atoms with Crippen LogP contribution in [0.3, 0.4) is 0 Å². The first-order valence-corrected chi connectivity index (χ1v) is 10.9. The van der Waals surface area contributed by atoms with E-state index in [4.69, 9.17) is 0 Å². The number of fused-ring (bicyclic) bond motifs is 1. The number of likely N-dealkylation sites (tertiary alicyclic amines) is 1. The van der Waals surface area contributed by atoms with E-state index in [1.165, 1.54) is 4.90 Å². The third kappa shape index (κ3) is 3.88. The van der Waals surface area contributed by atoms with E-state index in [9.17, 15) is 14.4 Å². The highest BCUT2D eigenvalue weighted by Gasteiger charge is 2.54. The fourth-order valence-corrected chi connectivity index (χ4v) is 5.63. The summed E-state index contributed by atoms with van der Waals surface area (Å²) in [5.41, 5.74) is -0.533. The summed E-state index contributed by atoms with van der Waals surface area (Å²) in [5, 5.41) is 6.31. The molecular weight excluding hydrogens is 392 g/mol. The summed E-state index contributed by atoms with van der Waals surface area (Å²) in [4.78, 5) is 41.4. The highest BCUT2D eigenvalue weighted by molar-refractivity contribution is 6.09. The van der Waals surface area contributed by atoms with Crippen molar-refractivity contribution < 1.29 is 14.4 Å². The van der Waals surface area contributed by atoms with Gasteiger partial charge in [0.25, 0.3) is 5.91 Å². The number of amides is 4. The topological polar surface area (TPSA) is 81.8 Å². The first kappa shape index (κ1) is 22.3. The summed E-state index contributed by atoms with van der Waals surface area (Å²) in [5.74, 6) is 1.29. The Kier molecular flexibility index (Phi) is 6.21. The quantitative estimate of drug-likeness (QED) is 0.673. The Morgan fingerprint density at radius 3 is 2.28 bits per heavy atom. The molecule has 0 aromatic rings. The largest absolute Gasteiger partial charge is 0.340 e. The van der Waals surface area contributed by atoms with Crippen LogP contribution in [0.2, 0.25) is 0 Å². The van der Waals surface area contributed by atoms with Gasteiger partial charge in [0.05, 0.1) is 0 Å². The van der Waals surface area contributed by atoms with E-state index >= 15 is 0 Å². The molecule has 1 saturated carbocycles. The molecule has 4 amide bonds. The van der Waals surface area contributed by atoms with E-state index in [0.29, 0.717) is 30.6 Å². The summed E-state index contributed by atoms with van der Waals surface area (Å²) in [7, 11) is 0. The first-order chi connectivity index (χ1) is 13.3. The van der Waals surface area contributed by atoms with Gasteiger partial charge >= 0.3 is 6.03 Å². The third-order valence-corrected chi connectivity index (χ3v) is 8.14. The lowest BCUT2D eigenvalue weighted by Crippen LogP contribution is -2.51. The van der Waals surface area contributed by atoms with Gasteiger partial charge < -0.3 is 15.5 Å². The SMILES string of the molecule is CCC(C)(C)C1CCC2(CC1)NC(=O)N(CC(=O)N1C[C@H]3CNC[C@H]3C1)C2=O.Cl. The lowest BCUT2D eigenvalue weighted by molar-refractivity contribution is -0.139. The van der Waals surface area contributed by atoms with Gasteiger partial charge in [0, 0.05) is 26.2 Å². The van der Waals surface area contributed by atoms with Gasteiger partial charge in [-0.3, -0.25) is 14.5 Å². The second-order valence-electron chi connectivity index (χ2n) is 10.00. The van der Waals surface area contributed by atoms with E-state index in [1.807, 2.05) is 4.90 Å². The molecule has 0 unspecified atom stereocenters. The normalized spacial score (nSPS) is 34.4. The Bertz CT molecular complexity index is 663. The summed E-state index contributed by atoms with van der Waals surface area (Å²) < 4.78 is 0. The van der Waals surface area contributed by atoms with Crippen molar-refractivity contribution in [3.05, 3.63) is 0 Å². The second-order valence-corrected chi connectivity index (χ2v) is 10.00. The number of nitrogens with one attached hydrogen (secondary N) is 2. The summed E-state index contributed by atoms with van der Waals surface area (Å²) in [6, 6.07) is -0.396. The third-order valence-electron chi connectivity index (χ3n) is 8.14. The molecule has 7 nitrogen and oxygen atoms in total.